The fourth-order valence-electron chi connectivity index (χ4n) is 4.34. The predicted octanol–water partition coefficient (Wildman–Crippen LogP) is 0.740. The number of ketones is 2. The third kappa shape index (κ3) is 2.57. The number of Topliss-reactive ketones (excluding diaryl/α,β-unsaturated/α-hetero) is 2. The molecule has 0 radical (unpaired) electrons. The smallest absolute Gasteiger partial charge is 0.186 e. The van der Waals surface area contributed by atoms with Crippen LogP contribution in [-0.2, 0) is 23.8 Å². The number of aliphatic hydroxyl groups excluding tert-OH is 2. The van der Waals surface area contributed by atoms with Gasteiger partial charge in [0.05, 0.1) is 5.92 Å². The first-order valence-electron chi connectivity index (χ1n) is 8.77. The molecule has 1 fully saturated rings. The van der Waals surface area contributed by atoms with Crippen LogP contribution < -0.4 is 0 Å². The van der Waals surface area contributed by atoms with Gasteiger partial charge in [-0.25, -0.2) is 0 Å². The van der Waals surface area contributed by atoms with Crippen molar-refractivity contribution in [1.29, 1.82) is 0 Å². The van der Waals surface area contributed by atoms with Crippen LogP contribution in [0.2, 0.25) is 0 Å². The molecule has 4 atom stereocenters. The molecule has 1 saturated heterocycles. The molecular formula is C18H22O7. The van der Waals surface area contributed by atoms with E-state index in [0.29, 0.717) is 61.2 Å². The van der Waals surface area contributed by atoms with E-state index < -0.39 is 30.5 Å². The van der Waals surface area contributed by atoms with Crippen LogP contribution in [0.25, 0.3) is 0 Å². The Morgan fingerprint density at radius 1 is 0.920 bits per heavy atom. The minimum absolute atomic E-state index is 0.0812. The Bertz CT molecular complexity index is 635. The first kappa shape index (κ1) is 16.9. The van der Waals surface area contributed by atoms with Crippen molar-refractivity contribution in [2.75, 3.05) is 7.11 Å². The normalized spacial score (nSPS) is 36.4. The van der Waals surface area contributed by atoms with Gasteiger partial charge in [-0.15, -0.1) is 0 Å². The van der Waals surface area contributed by atoms with Crippen LogP contribution in [0.3, 0.4) is 0 Å². The van der Waals surface area contributed by atoms with E-state index in [0.717, 1.165) is 0 Å². The second-order valence-corrected chi connectivity index (χ2v) is 6.99. The Labute approximate surface area is 145 Å². The third-order valence-corrected chi connectivity index (χ3v) is 5.50. The number of carbonyl (C=O) groups is 2. The summed E-state index contributed by atoms with van der Waals surface area (Å²) in [6.07, 6.45) is -0.956. The molecule has 0 spiro atoms. The summed E-state index contributed by atoms with van der Waals surface area (Å²) in [5.41, 5.74) is 0.849. The number of carbonyl (C=O) groups excluding carboxylic acids is 2. The van der Waals surface area contributed by atoms with Gasteiger partial charge in [0, 0.05) is 43.9 Å². The number of hydrogen-bond donors (Lipinski definition) is 2. The van der Waals surface area contributed by atoms with Gasteiger partial charge in [0.1, 0.15) is 29.8 Å². The molecule has 0 aromatic rings. The number of ether oxygens (including phenoxy) is 3. The van der Waals surface area contributed by atoms with Gasteiger partial charge < -0.3 is 24.4 Å². The quantitative estimate of drug-likeness (QED) is 0.757. The highest BCUT2D eigenvalue weighted by Crippen LogP contribution is 2.47. The molecule has 7 nitrogen and oxygen atoms in total. The van der Waals surface area contributed by atoms with Crippen LogP contribution >= 0.6 is 0 Å². The lowest BCUT2D eigenvalue weighted by Crippen LogP contribution is -2.43. The van der Waals surface area contributed by atoms with E-state index in [-0.39, 0.29) is 11.6 Å². The summed E-state index contributed by atoms with van der Waals surface area (Å²) in [7, 11) is 1.37. The van der Waals surface area contributed by atoms with Gasteiger partial charge in [-0.2, -0.15) is 0 Å². The van der Waals surface area contributed by atoms with Crippen molar-refractivity contribution in [3.63, 3.8) is 0 Å². The van der Waals surface area contributed by atoms with Crippen molar-refractivity contribution in [3.05, 3.63) is 22.7 Å². The van der Waals surface area contributed by atoms with Crippen molar-refractivity contribution >= 4 is 11.6 Å². The molecule has 4 rings (SSSR count). The maximum absolute atomic E-state index is 12.6. The van der Waals surface area contributed by atoms with E-state index in [4.69, 9.17) is 14.2 Å². The highest BCUT2D eigenvalue weighted by atomic mass is 16.7. The predicted molar refractivity (Wildman–Crippen MR) is 84.0 cm³/mol. The molecule has 2 N–H and O–H groups in total. The molecule has 2 heterocycles. The van der Waals surface area contributed by atoms with E-state index in [1.165, 1.54) is 7.11 Å². The van der Waals surface area contributed by atoms with Crippen molar-refractivity contribution in [3.8, 4) is 0 Å². The zero-order valence-electron chi connectivity index (χ0n) is 14.1. The van der Waals surface area contributed by atoms with Crippen molar-refractivity contribution < 1.29 is 34.0 Å². The standard InChI is InChI=1S/C18H22O7/c1-23-18-16(22)15(21)17(25-18)14-12-8(19)4-2-6-10(12)24-11-7-3-5-9(20)13(11)14/h14-18,21-22H,2-7H2,1H3/t15-,16+,17+,18+/m0/s1. The summed E-state index contributed by atoms with van der Waals surface area (Å²) in [6, 6.07) is 0. The lowest BCUT2D eigenvalue weighted by molar-refractivity contribution is -0.154. The Balaban J connectivity index is 1.81. The molecule has 0 aromatic heterocycles. The SMILES string of the molecule is CO[C@@H]1O[C@H](C2C3=C(CCCC3=O)OC3=C2C(=O)CCC3)[C@@H](O)[C@H]1O. The van der Waals surface area contributed by atoms with Crippen LogP contribution in [0.4, 0.5) is 0 Å². The number of hydrogen-bond acceptors (Lipinski definition) is 7. The summed E-state index contributed by atoms with van der Waals surface area (Å²) >= 11 is 0. The molecule has 0 bridgehead atoms. The zero-order valence-corrected chi connectivity index (χ0v) is 14.1. The van der Waals surface area contributed by atoms with Crippen molar-refractivity contribution in [2.45, 2.75) is 63.1 Å². The third-order valence-electron chi connectivity index (χ3n) is 5.50. The van der Waals surface area contributed by atoms with Gasteiger partial charge >= 0.3 is 0 Å². The fraction of sp³-hybridized carbons (Fsp3) is 0.667. The Kier molecular flexibility index (Phi) is 4.27. The molecule has 0 unspecified atom stereocenters. The topological polar surface area (TPSA) is 102 Å². The number of aliphatic hydroxyl groups is 2. The Hall–Kier alpha value is -1.54. The number of rotatable bonds is 2. The van der Waals surface area contributed by atoms with Crippen molar-refractivity contribution in [1.82, 2.24) is 0 Å². The van der Waals surface area contributed by atoms with E-state index in [1.54, 1.807) is 0 Å². The first-order valence-corrected chi connectivity index (χ1v) is 8.77. The minimum Gasteiger partial charge on any atom is -0.465 e. The largest absolute Gasteiger partial charge is 0.465 e. The van der Waals surface area contributed by atoms with Gasteiger partial charge in [0.25, 0.3) is 0 Å². The molecule has 0 amide bonds. The summed E-state index contributed by atoms with van der Waals surface area (Å²) in [5, 5.41) is 20.6. The molecule has 2 aliphatic heterocycles. The molecule has 2 aliphatic carbocycles. The van der Waals surface area contributed by atoms with Crippen LogP contribution in [0.1, 0.15) is 38.5 Å². The maximum atomic E-state index is 12.6. The summed E-state index contributed by atoms with van der Waals surface area (Å²) < 4.78 is 16.7. The van der Waals surface area contributed by atoms with E-state index in [9.17, 15) is 19.8 Å². The van der Waals surface area contributed by atoms with Gasteiger partial charge in [-0.1, -0.05) is 0 Å². The first-order chi connectivity index (χ1) is 12.0. The number of methoxy groups -OCH3 is 1. The summed E-state index contributed by atoms with van der Waals surface area (Å²) in [5.74, 6) is 0.301. The fourth-order valence-corrected chi connectivity index (χ4v) is 4.34. The van der Waals surface area contributed by atoms with Crippen LogP contribution in [0.5, 0.6) is 0 Å². The molecule has 7 heteroatoms. The number of allylic oxidation sites excluding steroid dienone is 2. The monoisotopic (exact) mass is 350 g/mol. The lowest BCUT2D eigenvalue weighted by atomic mass is 9.72. The van der Waals surface area contributed by atoms with Crippen LogP contribution in [-0.4, -0.2) is 53.5 Å². The minimum atomic E-state index is -1.25. The van der Waals surface area contributed by atoms with E-state index in [2.05, 4.69) is 0 Å². The zero-order chi connectivity index (χ0) is 17.7. The lowest BCUT2D eigenvalue weighted by Gasteiger charge is -2.38. The second-order valence-electron chi connectivity index (χ2n) is 6.99. The summed E-state index contributed by atoms with van der Waals surface area (Å²) in [4.78, 5) is 25.2. The van der Waals surface area contributed by atoms with Crippen LogP contribution in [0, 0.1) is 5.92 Å². The average molecular weight is 350 g/mol. The second kappa shape index (κ2) is 6.32. The average Bonchev–Trinajstić information content (AvgIpc) is 2.88. The van der Waals surface area contributed by atoms with Gasteiger partial charge in [0.2, 0.25) is 0 Å². The molecule has 0 aromatic carbocycles. The Morgan fingerprint density at radius 3 is 1.96 bits per heavy atom. The van der Waals surface area contributed by atoms with E-state index >= 15 is 0 Å². The molecule has 25 heavy (non-hydrogen) atoms. The Morgan fingerprint density at radius 2 is 1.48 bits per heavy atom. The van der Waals surface area contributed by atoms with Crippen molar-refractivity contribution in [2.24, 2.45) is 5.92 Å². The maximum Gasteiger partial charge on any atom is 0.186 e. The summed E-state index contributed by atoms with van der Waals surface area (Å²) in [6.45, 7) is 0. The van der Waals surface area contributed by atoms with Gasteiger partial charge in [-0.3, -0.25) is 9.59 Å². The molecule has 136 valence electrons. The molecule has 0 saturated carbocycles. The molecule has 4 aliphatic rings. The highest BCUT2D eigenvalue weighted by Gasteiger charge is 2.53. The molecular weight excluding hydrogens is 328 g/mol. The van der Waals surface area contributed by atoms with E-state index in [1.807, 2.05) is 0 Å². The highest BCUT2D eigenvalue weighted by molar-refractivity contribution is 6.04. The van der Waals surface area contributed by atoms with Gasteiger partial charge in [-0.05, 0) is 12.8 Å². The van der Waals surface area contributed by atoms with Crippen LogP contribution in [0.15, 0.2) is 22.7 Å². The van der Waals surface area contributed by atoms with Gasteiger partial charge in [0.15, 0.2) is 17.9 Å².